The average molecular weight is 703 g/mol. The number of H-pyrrole nitrogens is 2. The zero-order valence-corrected chi connectivity index (χ0v) is 31.7. The highest BCUT2D eigenvalue weighted by Gasteiger charge is 2.56. The first-order valence-electron chi connectivity index (χ1n) is 19.9. The Morgan fingerprint density at radius 2 is 1.33 bits per heavy atom. The summed E-state index contributed by atoms with van der Waals surface area (Å²) in [5.74, 6) is 3.38. The van der Waals surface area contributed by atoms with Gasteiger partial charge in [-0.25, -0.2) is 0 Å². The smallest absolute Gasteiger partial charge is 0.0522 e. The minimum absolute atomic E-state index is 0. The quantitative estimate of drug-likeness (QED) is 0.180. The molecule has 2 heterocycles. The van der Waals surface area contributed by atoms with Gasteiger partial charge in [-0.15, -0.1) is 0 Å². The van der Waals surface area contributed by atoms with E-state index in [-0.39, 0.29) is 48.7 Å². The van der Waals surface area contributed by atoms with Gasteiger partial charge in [0.05, 0.1) is 12.4 Å². The summed E-state index contributed by atoms with van der Waals surface area (Å²) in [5.41, 5.74) is 23.5. The Morgan fingerprint density at radius 1 is 0.765 bits per heavy atom. The first kappa shape index (κ1) is 38.5. The molecule has 0 radical (unpaired) electrons. The van der Waals surface area contributed by atoms with E-state index in [9.17, 15) is 10.2 Å². The Hall–Kier alpha value is -2.26. The summed E-state index contributed by atoms with van der Waals surface area (Å²) in [5, 5.41) is 35.1. The molecule has 8 nitrogen and oxygen atoms in total. The van der Waals surface area contributed by atoms with Crippen molar-refractivity contribution in [2.45, 2.75) is 119 Å². The fourth-order valence-electron chi connectivity index (χ4n) is 13.1. The number of nitrogens with zero attached hydrogens (tertiary/aromatic N) is 2. The van der Waals surface area contributed by atoms with Gasteiger partial charge in [-0.2, -0.15) is 10.2 Å². The van der Waals surface area contributed by atoms with E-state index >= 15 is 0 Å². The van der Waals surface area contributed by atoms with Crippen LogP contribution < -0.4 is 11.5 Å². The van der Waals surface area contributed by atoms with Crippen molar-refractivity contribution in [3.8, 4) is 0 Å². The van der Waals surface area contributed by atoms with Crippen molar-refractivity contribution in [1.82, 2.24) is 20.4 Å². The van der Waals surface area contributed by atoms with Crippen molar-refractivity contribution < 1.29 is 10.2 Å². The summed E-state index contributed by atoms with van der Waals surface area (Å²) in [6, 6.07) is 0. The highest BCUT2D eigenvalue weighted by molar-refractivity contribution is 5.34. The Morgan fingerprint density at radius 3 is 1.88 bits per heavy atom. The van der Waals surface area contributed by atoms with Crippen LogP contribution in [0.15, 0.2) is 35.7 Å². The van der Waals surface area contributed by atoms with Crippen LogP contribution in [0, 0.1) is 63.1 Å². The van der Waals surface area contributed by atoms with E-state index in [1.54, 1.807) is 11.1 Å². The van der Waals surface area contributed by atoms with E-state index in [1.807, 2.05) is 12.4 Å². The number of hydrogen-bond acceptors (Lipinski definition) is 6. The van der Waals surface area contributed by atoms with Gasteiger partial charge in [-0.05, 0) is 164 Å². The Balaban J connectivity index is 0.000000172. The minimum Gasteiger partial charge on any atom is -0.396 e. The lowest BCUT2D eigenvalue weighted by Crippen LogP contribution is -2.53. The molecule has 2 fully saturated rings. The second-order valence-electron chi connectivity index (χ2n) is 18.9. The molecule has 0 bridgehead atoms. The van der Waals surface area contributed by atoms with Gasteiger partial charge >= 0.3 is 0 Å². The monoisotopic (exact) mass is 703 g/mol. The molecule has 8 heteroatoms. The number of aromatic amines is 2. The number of aromatic nitrogens is 4. The molecule has 0 aromatic carbocycles. The number of aliphatic hydroxyl groups excluding tert-OH is 2. The van der Waals surface area contributed by atoms with Crippen molar-refractivity contribution in [2.24, 2.45) is 74.6 Å². The molecule has 51 heavy (non-hydrogen) atoms. The molecule has 6 aliphatic rings. The largest absolute Gasteiger partial charge is 0.396 e. The lowest BCUT2D eigenvalue weighted by Gasteiger charge is -2.55. The second-order valence-corrected chi connectivity index (χ2v) is 18.9. The van der Waals surface area contributed by atoms with Gasteiger partial charge in [0.25, 0.3) is 0 Å². The molecule has 2 saturated carbocycles. The number of hydrogen-bond donors (Lipinski definition) is 6. The lowest BCUT2D eigenvalue weighted by molar-refractivity contribution is -0.0536. The summed E-state index contributed by atoms with van der Waals surface area (Å²) in [6.45, 7) is 18.4. The molecule has 6 aliphatic carbocycles. The molecular weight excluding hydrogens is 633 g/mol. The van der Waals surface area contributed by atoms with Crippen LogP contribution in [-0.4, -0.2) is 56.9 Å². The van der Waals surface area contributed by atoms with Crippen molar-refractivity contribution in [2.75, 3.05) is 26.3 Å². The van der Waals surface area contributed by atoms with Gasteiger partial charge in [0.2, 0.25) is 0 Å². The van der Waals surface area contributed by atoms with Crippen LogP contribution in [0.3, 0.4) is 0 Å². The van der Waals surface area contributed by atoms with Crippen molar-refractivity contribution in [3.05, 3.63) is 58.2 Å². The number of aliphatic hydroxyl groups is 2. The van der Waals surface area contributed by atoms with Crippen LogP contribution in [0.5, 0.6) is 0 Å². The van der Waals surface area contributed by atoms with Gasteiger partial charge in [0.15, 0.2) is 0 Å². The highest BCUT2D eigenvalue weighted by Crippen LogP contribution is 2.63. The van der Waals surface area contributed by atoms with E-state index in [2.05, 4.69) is 61.6 Å². The molecule has 284 valence electrons. The number of allylic oxidation sites excluding steroid dienone is 2. The number of nitrogens with one attached hydrogen (secondary N) is 2. The second kappa shape index (κ2) is 14.2. The SMILES string of the molecule is C.C=C1CC[C@H]2[C@H](CN)[C@@H]([C@@]3(C)Cc4cn[nH]c4C[C@@H]3CO)CC[C@]12C.CC1(C)CCC2=C1CC[C@H]([C@@]1(C)Cc3cn[nH]c3C[C@@H]1CO)[C@H]2CN. The Kier molecular flexibility index (Phi) is 10.7. The maximum atomic E-state index is 10.2. The third-order valence-corrected chi connectivity index (χ3v) is 16.4. The number of fused-ring (bicyclic) bond motifs is 3. The van der Waals surface area contributed by atoms with Crippen molar-refractivity contribution in [3.63, 3.8) is 0 Å². The third kappa shape index (κ3) is 6.12. The van der Waals surface area contributed by atoms with Gasteiger partial charge in [0, 0.05) is 24.6 Å². The molecular formula is C43H70N6O2. The average Bonchev–Trinajstić information content (AvgIpc) is 3.89. The summed E-state index contributed by atoms with van der Waals surface area (Å²) < 4.78 is 0. The first-order chi connectivity index (χ1) is 23.8. The van der Waals surface area contributed by atoms with Crippen LogP contribution in [0.4, 0.5) is 0 Å². The summed E-state index contributed by atoms with van der Waals surface area (Å²) >= 11 is 0. The van der Waals surface area contributed by atoms with E-state index in [0.717, 1.165) is 45.2 Å². The normalized spacial score (nSPS) is 39.6. The maximum absolute atomic E-state index is 10.2. The van der Waals surface area contributed by atoms with Crippen LogP contribution in [-0.2, 0) is 25.7 Å². The highest BCUT2D eigenvalue weighted by atomic mass is 16.3. The fourth-order valence-corrected chi connectivity index (χ4v) is 13.1. The topological polar surface area (TPSA) is 150 Å². The molecule has 0 unspecified atom stereocenters. The van der Waals surface area contributed by atoms with Gasteiger partial charge in [0.1, 0.15) is 0 Å². The molecule has 2 aromatic rings. The summed E-state index contributed by atoms with van der Waals surface area (Å²) in [6.07, 6.45) is 17.6. The predicted octanol–water partition coefficient (Wildman–Crippen LogP) is 6.94. The third-order valence-electron chi connectivity index (χ3n) is 16.4. The van der Waals surface area contributed by atoms with Crippen LogP contribution in [0.1, 0.15) is 116 Å². The predicted molar refractivity (Wildman–Crippen MR) is 207 cm³/mol. The number of rotatable bonds is 6. The fraction of sp³-hybridized carbons (Fsp3) is 0.767. The van der Waals surface area contributed by atoms with E-state index in [1.165, 1.54) is 73.0 Å². The zero-order valence-electron chi connectivity index (χ0n) is 31.7. The van der Waals surface area contributed by atoms with Crippen LogP contribution in [0.25, 0.3) is 0 Å². The van der Waals surface area contributed by atoms with Crippen molar-refractivity contribution in [1.29, 1.82) is 0 Å². The summed E-state index contributed by atoms with van der Waals surface area (Å²) in [4.78, 5) is 0. The zero-order chi connectivity index (χ0) is 35.6. The Bertz CT molecular complexity index is 1590. The van der Waals surface area contributed by atoms with Crippen molar-refractivity contribution >= 4 is 0 Å². The Labute approximate surface area is 308 Å². The van der Waals surface area contributed by atoms with E-state index in [0.29, 0.717) is 35.0 Å². The van der Waals surface area contributed by atoms with Gasteiger partial charge < -0.3 is 21.7 Å². The molecule has 8 N–H and O–H groups in total. The van der Waals surface area contributed by atoms with E-state index < -0.39 is 0 Å². The molecule has 2 aromatic heterocycles. The van der Waals surface area contributed by atoms with Gasteiger partial charge in [-0.1, -0.05) is 65.3 Å². The van der Waals surface area contributed by atoms with Gasteiger partial charge in [-0.3, -0.25) is 10.2 Å². The molecule has 0 amide bonds. The van der Waals surface area contributed by atoms with Crippen LogP contribution >= 0.6 is 0 Å². The molecule has 10 atom stereocenters. The molecule has 8 rings (SSSR count). The molecule has 0 aliphatic heterocycles. The van der Waals surface area contributed by atoms with E-state index in [4.69, 9.17) is 11.5 Å². The first-order valence-corrected chi connectivity index (χ1v) is 19.9. The number of nitrogens with two attached hydrogens (primary N) is 2. The minimum atomic E-state index is 0. The molecule has 0 spiro atoms. The maximum Gasteiger partial charge on any atom is 0.0522 e. The standard InChI is InChI=1S/2C21H33N3O.CH4/c1-20(2)7-6-15-16(10-22)18(5-4-17(15)20)21(3)9-13-11-23-24-19(13)8-14(21)12-25;1-13-4-5-17-16(10-22)18(6-7-20(13,17)2)21(3)9-14-11-23-24-19(14)8-15(21)12-25;/h11,14,16,18,25H,4-10,12,22H2,1-3H3,(H,23,24);11,15-18,25H,1,4-10,12,22H2,2-3H3,(H,23,24);1H4/t14-,16+,18+,21+;15-,16+,17+,18+,20-,21+;/m11./s1. The lowest BCUT2D eigenvalue weighted by atomic mass is 9.49. The molecule has 0 saturated heterocycles. The summed E-state index contributed by atoms with van der Waals surface area (Å²) in [7, 11) is 0. The van der Waals surface area contributed by atoms with Crippen LogP contribution in [0.2, 0.25) is 0 Å².